The van der Waals surface area contributed by atoms with E-state index in [-0.39, 0.29) is 43.3 Å². The quantitative estimate of drug-likeness (QED) is 0.702. The maximum Gasteiger partial charge on any atom is 0.263 e. The van der Waals surface area contributed by atoms with Gasteiger partial charge in [0.05, 0.1) is 18.8 Å². The van der Waals surface area contributed by atoms with Crippen LogP contribution in [0, 0.1) is 5.82 Å². The molecule has 1 aliphatic rings. The van der Waals surface area contributed by atoms with E-state index in [0.717, 1.165) is 18.5 Å². The number of nitrogens with one attached hydrogen (secondary N) is 1. The molecule has 0 bridgehead atoms. The molecule has 0 saturated heterocycles. The second-order valence-corrected chi connectivity index (χ2v) is 7.82. The SMILES string of the molecule is CCC(CC)NC(=O)C1CN(CC(=O)N(C)Cc2ccccc2F)c2ccccc2O1. The van der Waals surface area contributed by atoms with Crippen LogP contribution in [0.2, 0.25) is 0 Å². The molecule has 2 amide bonds. The minimum Gasteiger partial charge on any atom is -0.477 e. The second kappa shape index (κ2) is 10.3. The van der Waals surface area contributed by atoms with Gasteiger partial charge in [0.25, 0.3) is 5.91 Å². The summed E-state index contributed by atoms with van der Waals surface area (Å²) in [6.07, 6.45) is 0.976. The number of anilines is 1. The van der Waals surface area contributed by atoms with Crippen molar-refractivity contribution in [1.29, 1.82) is 0 Å². The zero-order valence-electron chi connectivity index (χ0n) is 18.3. The van der Waals surface area contributed by atoms with Crippen LogP contribution in [-0.2, 0) is 16.1 Å². The zero-order chi connectivity index (χ0) is 22.4. The lowest BCUT2D eigenvalue weighted by Gasteiger charge is -2.36. The van der Waals surface area contributed by atoms with E-state index >= 15 is 0 Å². The number of carbonyl (C=O) groups excluding carboxylic acids is 2. The van der Waals surface area contributed by atoms with Crippen LogP contribution >= 0.6 is 0 Å². The van der Waals surface area contributed by atoms with Gasteiger partial charge in [-0.25, -0.2) is 4.39 Å². The number of rotatable bonds is 8. The van der Waals surface area contributed by atoms with Crippen molar-refractivity contribution in [3.05, 3.63) is 59.9 Å². The fraction of sp³-hybridized carbons (Fsp3) is 0.417. The van der Waals surface area contributed by atoms with E-state index in [1.54, 1.807) is 31.3 Å². The maximum atomic E-state index is 14.0. The van der Waals surface area contributed by atoms with Crippen LogP contribution in [0.4, 0.5) is 10.1 Å². The van der Waals surface area contributed by atoms with Gasteiger partial charge in [0, 0.05) is 25.2 Å². The Morgan fingerprint density at radius 3 is 2.55 bits per heavy atom. The number of ether oxygens (including phenoxy) is 1. The molecule has 6 nitrogen and oxygen atoms in total. The summed E-state index contributed by atoms with van der Waals surface area (Å²) in [5, 5.41) is 3.02. The van der Waals surface area contributed by atoms with Gasteiger partial charge in [-0.2, -0.15) is 0 Å². The smallest absolute Gasteiger partial charge is 0.263 e. The van der Waals surface area contributed by atoms with Crippen LogP contribution in [0.5, 0.6) is 5.75 Å². The molecule has 3 rings (SSSR count). The summed E-state index contributed by atoms with van der Waals surface area (Å²) < 4.78 is 19.9. The average Bonchev–Trinajstić information content (AvgIpc) is 2.78. The van der Waals surface area contributed by atoms with Gasteiger partial charge in [-0.1, -0.05) is 44.2 Å². The summed E-state index contributed by atoms with van der Waals surface area (Å²) in [6.45, 7) is 4.57. The third-order valence-electron chi connectivity index (χ3n) is 5.60. The predicted octanol–water partition coefficient (Wildman–Crippen LogP) is 3.36. The summed E-state index contributed by atoms with van der Waals surface area (Å²) in [5.41, 5.74) is 1.23. The third-order valence-corrected chi connectivity index (χ3v) is 5.60. The number of halogens is 1. The van der Waals surface area contributed by atoms with E-state index in [4.69, 9.17) is 4.74 Å². The molecule has 1 aliphatic heterocycles. The lowest BCUT2D eigenvalue weighted by Crippen LogP contribution is -2.52. The first-order valence-electron chi connectivity index (χ1n) is 10.7. The van der Waals surface area contributed by atoms with Crippen molar-refractivity contribution in [2.24, 2.45) is 0 Å². The van der Waals surface area contributed by atoms with E-state index in [0.29, 0.717) is 11.3 Å². The standard InChI is InChI=1S/C24H30FN3O3/c1-4-18(5-2)26-24(30)22-15-28(20-12-8-9-13-21(20)31-22)16-23(29)27(3)14-17-10-6-7-11-19(17)25/h6-13,18,22H,4-5,14-16H2,1-3H3,(H,26,30). The molecule has 0 spiro atoms. The van der Waals surface area contributed by atoms with Crippen LogP contribution in [-0.4, -0.2) is 49.0 Å². The normalized spacial score (nSPS) is 15.3. The first-order chi connectivity index (χ1) is 14.9. The molecule has 7 heteroatoms. The number of fused-ring (bicyclic) bond motifs is 1. The summed E-state index contributed by atoms with van der Waals surface area (Å²) in [6, 6.07) is 13.9. The van der Waals surface area contributed by atoms with Crippen LogP contribution in [0.25, 0.3) is 0 Å². The molecule has 1 atom stereocenters. The van der Waals surface area contributed by atoms with Crippen molar-refractivity contribution in [3.63, 3.8) is 0 Å². The van der Waals surface area contributed by atoms with Gasteiger partial charge in [0.1, 0.15) is 11.6 Å². The topological polar surface area (TPSA) is 61.9 Å². The molecule has 1 unspecified atom stereocenters. The number of para-hydroxylation sites is 2. The van der Waals surface area contributed by atoms with Crippen molar-refractivity contribution in [2.45, 2.75) is 45.4 Å². The summed E-state index contributed by atoms with van der Waals surface area (Å²) in [5.74, 6) is -0.112. The van der Waals surface area contributed by atoms with Crippen LogP contribution in [0.1, 0.15) is 32.3 Å². The Bertz CT molecular complexity index is 916. The Balaban J connectivity index is 1.72. The third kappa shape index (κ3) is 5.54. The van der Waals surface area contributed by atoms with Crippen LogP contribution in [0.15, 0.2) is 48.5 Å². The molecule has 31 heavy (non-hydrogen) atoms. The Morgan fingerprint density at radius 1 is 1.16 bits per heavy atom. The van der Waals surface area contributed by atoms with E-state index < -0.39 is 6.10 Å². The molecule has 0 aromatic heterocycles. The number of benzene rings is 2. The number of hydrogen-bond acceptors (Lipinski definition) is 4. The Labute approximate surface area is 183 Å². The number of amides is 2. The highest BCUT2D eigenvalue weighted by Gasteiger charge is 2.32. The van der Waals surface area contributed by atoms with Gasteiger partial charge in [0.2, 0.25) is 5.91 Å². The molecular weight excluding hydrogens is 397 g/mol. The van der Waals surface area contributed by atoms with Gasteiger partial charge < -0.3 is 19.9 Å². The summed E-state index contributed by atoms with van der Waals surface area (Å²) >= 11 is 0. The van der Waals surface area contributed by atoms with E-state index in [9.17, 15) is 14.0 Å². The van der Waals surface area contributed by atoms with Crippen molar-refractivity contribution in [3.8, 4) is 5.75 Å². The van der Waals surface area contributed by atoms with Gasteiger partial charge in [-0.3, -0.25) is 9.59 Å². The molecule has 166 valence electrons. The molecule has 2 aromatic rings. The summed E-state index contributed by atoms with van der Waals surface area (Å²) in [4.78, 5) is 29.0. The molecule has 0 saturated carbocycles. The number of likely N-dealkylation sites (N-methyl/N-ethyl adjacent to an activating group) is 1. The molecule has 2 aromatic carbocycles. The second-order valence-electron chi connectivity index (χ2n) is 7.82. The van der Waals surface area contributed by atoms with Gasteiger partial charge in [-0.15, -0.1) is 0 Å². The molecule has 1 N–H and O–H groups in total. The highest BCUT2D eigenvalue weighted by molar-refractivity contribution is 5.86. The Morgan fingerprint density at radius 2 is 1.84 bits per heavy atom. The Kier molecular flexibility index (Phi) is 7.50. The van der Waals surface area contributed by atoms with Crippen LogP contribution in [0.3, 0.4) is 0 Å². The highest BCUT2D eigenvalue weighted by Crippen LogP contribution is 2.33. The van der Waals surface area contributed by atoms with Gasteiger partial charge in [0.15, 0.2) is 6.10 Å². The number of hydrogen-bond donors (Lipinski definition) is 1. The monoisotopic (exact) mass is 427 g/mol. The largest absolute Gasteiger partial charge is 0.477 e. The zero-order valence-corrected chi connectivity index (χ0v) is 18.3. The number of nitrogens with zero attached hydrogens (tertiary/aromatic N) is 2. The van der Waals surface area contributed by atoms with E-state index in [1.165, 1.54) is 11.0 Å². The lowest BCUT2D eigenvalue weighted by molar-refractivity contribution is -0.131. The van der Waals surface area contributed by atoms with Crippen molar-refractivity contribution in [1.82, 2.24) is 10.2 Å². The van der Waals surface area contributed by atoms with Crippen molar-refractivity contribution < 1.29 is 18.7 Å². The first-order valence-corrected chi connectivity index (χ1v) is 10.7. The predicted molar refractivity (Wildman–Crippen MR) is 118 cm³/mol. The van der Waals surface area contributed by atoms with Crippen molar-refractivity contribution >= 4 is 17.5 Å². The van der Waals surface area contributed by atoms with Gasteiger partial charge in [-0.05, 0) is 31.0 Å². The Hall–Kier alpha value is -3.09. The molecule has 1 heterocycles. The minimum atomic E-state index is -0.708. The van der Waals surface area contributed by atoms with Crippen LogP contribution < -0.4 is 15.0 Å². The lowest BCUT2D eigenvalue weighted by atomic mass is 10.1. The minimum absolute atomic E-state index is 0.0695. The fourth-order valence-electron chi connectivity index (χ4n) is 3.63. The average molecular weight is 428 g/mol. The summed E-state index contributed by atoms with van der Waals surface area (Å²) in [7, 11) is 1.65. The molecular formula is C24H30FN3O3. The molecule has 0 aliphatic carbocycles. The fourth-order valence-corrected chi connectivity index (χ4v) is 3.63. The van der Waals surface area contributed by atoms with Gasteiger partial charge >= 0.3 is 0 Å². The maximum absolute atomic E-state index is 14.0. The molecule has 0 fully saturated rings. The number of carbonyl (C=O) groups is 2. The van der Waals surface area contributed by atoms with E-state index in [2.05, 4.69) is 5.32 Å². The van der Waals surface area contributed by atoms with Crippen molar-refractivity contribution in [2.75, 3.05) is 25.0 Å². The first kappa shape index (κ1) is 22.6. The van der Waals surface area contributed by atoms with E-state index in [1.807, 2.05) is 36.9 Å². The highest BCUT2D eigenvalue weighted by atomic mass is 19.1. The molecule has 0 radical (unpaired) electrons.